The molecular formula is C14H10ClN3O2. The van der Waals surface area contributed by atoms with Gasteiger partial charge in [-0.3, -0.25) is 0 Å². The highest BCUT2D eigenvalue weighted by Crippen LogP contribution is 2.24. The molecule has 0 saturated carbocycles. The number of nitrogens with zero attached hydrogens (tertiary/aromatic N) is 2. The van der Waals surface area contributed by atoms with Crippen LogP contribution in [0.15, 0.2) is 52.9 Å². The van der Waals surface area contributed by atoms with Crippen LogP contribution in [0.1, 0.15) is 0 Å². The zero-order valence-corrected chi connectivity index (χ0v) is 11.0. The molecule has 20 heavy (non-hydrogen) atoms. The van der Waals surface area contributed by atoms with Crippen molar-refractivity contribution in [2.24, 2.45) is 0 Å². The zero-order chi connectivity index (χ0) is 13.9. The average Bonchev–Trinajstić information content (AvgIpc) is 2.91. The van der Waals surface area contributed by atoms with E-state index in [2.05, 4.69) is 15.5 Å². The van der Waals surface area contributed by atoms with E-state index >= 15 is 0 Å². The summed E-state index contributed by atoms with van der Waals surface area (Å²) in [7, 11) is 0. The second-order valence-electron chi connectivity index (χ2n) is 4.09. The van der Waals surface area contributed by atoms with Crippen LogP contribution < -0.4 is 5.32 Å². The van der Waals surface area contributed by atoms with Crippen LogP contribution in [0.5, 0.6) is 5.75 Å². The van der Waals surface area contributed by atoms with Gasteiger partial charge in [-0.25, -0.2) is 0 Å². The molecule has 6 heteroatoms. The molecule has 0 atom stereocenters. The number of hydrogen-bond donors (Lipinski definition) is 2. The Bertz CT molecular complexity index is 708. The minimum absolute atomic E-state index is 0.188. The molecule has 0 radical (unpaired) electrons. The molecule has 0 fully saturated rings. The maximum Gasteiger partial charge on any atom is 0.320 e. The van der Waals surface area contributed by atoms with Gasteiger partial charge in [0, 0.05) is 16.3 Å². The van der Waals surface area contributed by atoms with Gasteiger partial charge in [-0.1, -0.05) is 16.7 Å². The van der Waals surface area contributed by atoms with E-state index in [0.717, 1.165) is 11.3 Å². The van der Waals surface area contributed by atoms with Crippen molar-refractivity contribution in [2.75, 3.05) is 5.32 Å². The normalized spacial score (nSPS) is 10.4. The summed E-state index contributed by atoms with van der Waals surface area (Å²) in [5.74, 6) is 0.564. The molecule has 0 unspecified atom stereocenters. The smallest absolute Gasteiger partial charge is 0.320 e. The van der Waals surface area contributed by atoms with Crippen LogP contribution in [0.25, 0.3) is 11.5 Å². The fourth-order valence-electron chi connectivity index (χ4n) is 1.65. The van der Waals surface area contributed by atoms with Crippen molar-refractivity contribution in [1.29, 1.82) is 0 Å². The second-order valence-corrected chi connectivity index (χ2v) is 4.53. The maximum atomic E-state index is 9.24. The molecule has 0 spiro atoms. The van der Waals surface area contributed by atoms with Crippen molar-refractivity contribution in [1.82, 2.24) is 10.2 Å². The molecule has 100 valence electrons. The van der Waals surface area contributed by atoms with Gasteiger partial charge in [0.15, 0.2) is 0 Å². The van der Waals surface area contributed by atoms with E-state index in [-0.39, 0.29) is 11.8 Å². The Balaban J connectivity index is 1.80. The molecule has 0 aliphatic rings. The van der Waals surface area contributed by atoms with E-state index in [1.54, 1.807) is 36.4 Å². The molecule has 3 aromatic rings. The van der Waals surface area contributed by atoms with Gasteiger partial charge in [-0.05, 0) is 48.5 Å². The third-order valence-electron chi connectivity index (χ3n) is 2.63. The molecule has 0 amide bonds. The van der Waals surface area contributed by atoms with Crippen molar-refractivity contribution >= 4 is 23.3 Å². The van der Waals surface area contributed by atoms with Gasteiger partial charge in [0.25, 0.3) is 0 Å². The highest BCUT2D eigenvalue weighted by Gasteiger charge is 2.08. The topological polar surface area (TPSA) is 71.2 Å². The fraction of sp³-hybridized carbons (Fsp3) is 0. The molecule has 3 rings (SSSR count). The SMILES string of the molecule is Oc1ccc(-c2nnc(Nc3ccc(Cl)cc3)o2)cc1. The summed E-state index contributed by atoms with van der Waals surface area (Å²) in [6, 6.07) is 14.0. The van der Waals surface area contributed by atoms with Gasteiger partial charge < -0.3 is 14.8 Å². The standard InChI is InChI=1S/C14H10ClN3O2/c15-10-3-5-11(6-4-10)16-14-18-17-13(20-14)9-1-7-12(19)8-2-9/h1-8,19H,(H,16,18). The lowest BCUT2D eigenvalue weighted by atomic mass is 10.2. The molecular weight excluding hydrogens is 278 g/mol. The minimum atomic E-state index is 0.188. The Kier molecular flexibility index (Phi) is 3.26. The number of anilines is 2. The summed E-state index contributed by atoms with van der Waals surface area (Å²) < 4.78 is 5.50. The van der Waals surface area contributed by atoms with Crippen LogP contribution in [0.4, 0.5) is 11.7 Å². The Hall–Kier alpha value is -2.53. The van der Waals surface area contributed by atoms with Crippen molar-refractivity contribution in [3.05, 3.63) is 53.6 Å². The Morgan fingerprint density at radius 3 is 2.35 bits per heavy atom. The molecule has 0 bridgehead atoms. The van der Waals surface area contributed by atoms with E-state index in [1.807, 2.05) is 12.1 Å². The highest BCUT2D eigenvalue weighted by molar-refractivity contribution is 6.30. The summed E-state index contributed by atoms with van der Waals surface area (Å²) in [4.78, 5) is 0. The molecule has 1 aromatic heterocycles. The van der Waals surface area contributed by atoms with Crippen LogP contribution in [0, 0.1) is 0 Å². The maximum absolute atomic E-state index is 9.24. The van der Waals surface area contributed by atoms with Crippen LogP contribution in [0.3, 0.4) is 0 Å². The van der Waals surface area contributed by atoms with Crippen LogP contribution in [0.2, 0.25) is 5.02 Å². The van der Waals surface area contributed by atoms with Gasteiger partial charge in [-0.15, -0.1) is 5.10 Å². The van der Waals surface area contributed by atoms with Gasteiger partial charge in [-0.2, -0.15) is 0 Å². The zero-order valence-electron chi connectivity index (χ0n) is 10.2. The van der Waals surface area contributed by atoms with Crippen molar-refractivity contribution in [2.45, 2.75) is 0 Å². The first-order valence-corrected chi connectivity index (χ1v) is 6.24. The number of nitrogens with one attached hydrogen (secondary N) is 1. The third kappa shape index (κ3) is 2.73. The Morgan fingerprint density at radius 2 is 1.65 bits per heavy atom. The number of rotatable bonds is 3. The van der Waals surface area contributed by atoms with Crippen molar-refractivity contribution in [3.63, 3.8) is 0 Å². The lowest BCUT2D eigenvalue weighted by Crippen LogP contribution is -1.89. The first-order valence-electron chi connectivity index (χ1n) is 5.86. The van der Waals surface area contributed by atoms with E-state index in [4.69, 9.17) is 16.0 Å². The largest absolute Gasteiger partial charge is 0.508 e. The van der Waals surface area contributed by atoms with Gasteiger partial charge >= 0.3 is 6.01 Å². The Morgan fingerprint density at radius 1 is 0.950 bits per heavy atom. The molecule has 0 saturated heterocycles. The van der Waals surface area contributed by atoms with Crippen LogP contribution in [-0.4, -0.2) is 15.3 Å². The predicted octanol–water partition coefficient (Wildman–Crippen LogP) is 3.84. The molecule has 5 nitrogen and oxygen atoms in total. The number of halogens is 1. The quantitative estimate of drug-likeness (QED) is 0.766. The fourth-order valence-corrected chi connectivity index (χ4v) is 1.78. The lowest BCUT2D eigenvalue weighted by Gasteiger charge is -2.00. The number of benzene rings is 2. The number of aromatic hydroxyl groups is 1. The summed E-state index contributed by atoms with van der Waals surface area (Å²) in [6.07, 6.45) is 0. The molecule has 0 aliphatic carbocycles. The van der Waals surface area contributed by atoms with E-state index < -0.39 is 0 Å². The summed E-state index contributed by atoms with van der Waals surface area (Å²) in [6.45, 7) is 0. The monoisotopic (exact) mass is 287 g/mol. The van der Waals surface area contributed by atoms with E-state index in [9.17, 15) is 5.11 Å². The molecule has 2 aromatic carbocycles. The van der Waals surface area contributed by atoms with Crippen LogP contribution >= 0.6 is 11.6 Å². The average molecular weight is 288 g/mol. The van der Waals surface area contributed by atoms with Crippen LogP contribution in [-0.2, 0) is 0 Å². The minimum Gasteiger partial charge on any atom is -0.508 e. The number of aromatic nitrogens is 2. The predicted molar refractivity (Wildman–Crippen MR) is 76.1 cm³/mol. The van der Waals surface area contributed by atoms with Gasteiger partial charge in [0.05, 0.1) is 0 Å². The number of phenolic OH excluding ortho intramolecular Hbond substituents is 1. The van der Waals surface area contributed by atoms with E-state index in [1.165, 1.54) is 0 Å². The van der Waals surface area contributed by atoms with Gasteiger partial charge in [0.2, 0.25) is 5.89 Å². The van der Waals surface area contributed by atoms with Gasteiger partial charge in [0.1, 0.15) is 5.75 Å². The number of hydrogen-bond acceptors (Lipinski definition) is 5. The third-order valence-corrected chi connectivity index (χ3v) is 2.89. The first kappa shape index (κ1) is 12.5. The lowest BCUT2D eigenvalue weighted by molar-refractivity contribution is 0.475. The summed E-state index contributed by atoms with van der Waals surface area (Å²) in [5.41, 5.74) is 1.54. The second kappa shape index (κ2) is 5.22. The molecule has 0 aliphatic heterocycles. The number of phenols is 1. The van der Waals surface area contributed by atoms with Crippen molar-refractivity contribution < 1.29 is 9.52 Å². The molecule has 1 heterocycles. The summed E-state index contributed by atoms with van der Waals surface area (Å²) in [5, 5.41) is 20.7. The highest BCUT2D eigenvalue weighted by atomic mass is 35.5. The summed E-state index contributed by atoms with van der Waals surface area (Å²) >= 11 is 5.81. The molecule has 2 N–H and O–H groups in total. The Labute approximate surface area is 119 Å². The van der Waals surface area contributed by atoms with E-state index in [0.29, 0.717) is 10.9 Å². The van der Waals surface area contributed by atoms with Crippen molar-refractivity contribution in [3.8, 4) is 17.2 Å². The first-order chi connectivity index (χ1) is 9.70.